The van der Waals surface area contributed by atoms with Gasteiger partial charge in [-0.3, -0.25) is 4.79 Å². The Hall–Kier alpha value is -1.60. The highest BCUT2D eigenvalue weighted by Gasteiger charge is 2.21. The van der Waals surface area contributed by atoms with Crippen molar-refractivity contribution in [1.29, 1.82) is 0 Å². The summed E-state index contributed by atoms with van der Waals surface area (Å²) in [6.07, 6.45) is 4.25. The zero-order valence-electron chi connectivity index (χ0n) is 14.6. The molecule has 3 heterocycles. The molecular weight excluding hydrogens is 400 g/mol. The Morgan fingerprint density at radius 1 is 1.30 bits per heavy atom. The standard InChI is InChI=1S/C20H19ClN2O2S2/c21-19-9-8-18(27-19)17(24)13-26-20-22-11-16(14-5-2-1-3-6-14)23(20)12-15-7-4-10-25-15/h1-3,5-6,8-9,11,15H,4,7,10,12-13H2/t15-/m0/s1. The summed E-state index contributed by atoms with van der Waals surface area (Å²) in [5.41, 5.74) is 2.17. The zero-order valence-corrected chi connectivity index (χ0v) is 17.0. The lowest BCUT2D eigenvalue weighted by Gasteiger charge is -2.16. The number of aromatic nitrogens is 2. The molecule has 4 rings (SSSR count). The van der Waals surface area contributed by atoms with E-state index in [1.54, 1.807) is 12.1 Å². The van der Waals surface area contributed by atoms with E-state index < -0.39 is 0 Å². The third-order valence-electron chi connectivity index (χ3n) is 4.48. The molecule has 0 amide bonds. The highest BCUT2D eigenvalue weighted by molar-refractivity contribution is 7.99. The van der Waals surface area contributed by atoms with Crippen LogP contribution in [0.15, 0.2) is 53.8 Å². The molecular formula is C20H19ClN2O2S2. The van der Waals surface area contributed by atoms with Gasteiger partial charge in [0, 0.05) is 6.61 Å². The van der Waals surface area contributed by atoms with E-state index in [-0.39, 0.29) is 11.9 Å². The maximum absolute atomic E-state index is 12.4. The summed E-state index contributed by atoms with van der Waals surface area (Å²) in [7, 11) is 0. The lowest BCUT2D eigenvalue weighted by atomic mass is 10.1. The van der Waals surface area contributed by atoms with Crippen molar-refractivity contribution < 1.29 is 9.53 Å². The normalized spacial score (nSPS) is 16.7. The number of ketones is 1. The second-order valence-electron chi connectivity index (χ2n) is 6.35. The molecule has 1 atom stereocenters. The molecule has 1 aliphatic heterocycles. The zero-order chi connectivity index (χ0) is 18.6. The quantitative estimate of drug-likeness (QED) is 0.379. The minimum absolute atomic E-state index is 0.0739. The van der Waals surface area contributed by atoms with Gasteiger partial charge in [-0.2, -0.15) is 0 Å². The van der Waals surface area contributed by atoms with Crippen molar-refractivity contribution in [2.45, 2.75) is 30.6 Å². The van der Waals surface area contributed by atoms with E-state index in [0.29, 0.717) is 15.0 Å². The highest BCUT2D eigenvalue weighted by Crippen LogP contribution is 2.29. The first-order chi connectivity index (χ1) is 13.2. The summed E-state index contributed by atoms with van der Waals surface area (Å²) in [4.78, 5) is 17.7. The van der Waals surface area contributed by atoms with Crippen molar-refractivity contribution in [3.8, 4) is 11.3 Å². The largest absolute Gasteiger partial charge is 0.376 e. The second-order valence-corrected chi connectivity index (χ2v) is 9.01. The van der Waals surface area contributed by atoms with Crippen molar-refractivity contribution in [3.05, 3.63) is 57.9 Å². The molecule has 0 saturated carbocycles. The van der Waals surface area contributed by atoms with Crippen LogP contribution in [0.1, 0.15) is 22.5 Å². The van der Waals surface area contributed by atoms with Gasteiger partial charge in [-0.1, -0.05) is 53.7 Å². The molecule has 1 fully saturated rings. The number of imidazole rings is 1. The molecule has 1 aliphatic rings. The van der Waals surface area contributed by atoms with Gasteiger partial charge in [0.25, 0.3) is 0 Å². The average molecular weight is 419 g/mol. The first kappa shape index (κ1) is 18.7. The number of nitrogens with zero attached hydrogens (tertiary/aromatic N) is 2. The molecule has 0 N–H and O–H groups in total. The van der Waals surface area contributed by atoms with E-state index >= 15 is 0 Å². The minimum Gasteiger partial charge on any atom is -0.376 e. The molecule has 0 bridgehead atoms. The highest BCUT2D eigenvalue weighted by atomic mass is 35.5. The van der Waals surface area contributed by atoms with Crippen LogP contribution in [0.4, 0.5) is 0 Å². The van der Waals surface area contributed by atoms with E-state index in [4.69, 9.17) is 16.3 Å². The van der Waals surface area contributed by atoms with E-state index in [1.807, 2.05) is 24.4 Å². The van der Waals surface area contributed by atoms with Gasteiger partial charge in [-0.05, 0) is 30.5 Å². The number of carbonyl (C=O) groups is 1. The fourth-order valence-electron chi connectivity index (χ4n) is 3.15. The van der Waals surface area contributed by atoms with E-state index in [0.717, 1.165) is 42.4 Å². The van der Waals surface area contributed by atoms with Crippen molar-refractivity contribution >= 4 is 40.5 Å². The summed E-state index contributed by atoms with van der Waals surface area (Å²) in [5.74, 6) is 0.415. The van der Waals surface area contributed by atoms with Crippen LogP contribution in [-0.4, -0.2) is 33.8 Å². The smallest absolute Gasteiger partial charge is 0.183 e. The number of halogens is 1. The topological polar surface area (TPSA) is 44.1 Å². The number of rotatable bonds is 7. The molecule has 0 radical (unpaired) electrons. The Balaban J connectivity index is 1.55. The molecule has 0 aliphatic carbocycles. The Labute approximate surface area is 171 Å². The molecule has 3 aromatic rings. The third-order valence-corrected chi connectivity index (χ3v) is 6.74. The summed E-state index contributed by atoms with van der Waals surface area (Å²) in [5, 5.41) is 0.848. The van der Waals surface area contributed by atoms with Gasteiger partial charge in [0.15, 0.2) is 10.9 Å². The van der Waals surface area contributed by atoms with Gasteiger partial charge in [-0.15, -0.1) is 11.3 Å². The molecule has 0 unspecified atom stereocenters. The fourth-order valence-corrected chi connectivity index (χ4v) is 5.09. The van der Waals surface area contributed by atoms with Crippen LogP contribution in [-0.2, 0) is 11.3 Å². The number of thioether (sulfide) groups is 1. The van der Waals surface area contributed by atoms with Crippen molar-refractivity contribution in [1.82, 2.24) is 9.55 Å². The number of ether oxygens (including phenoxy) is 1. The first-order valence-corrected chi connectivity index (χ1v) is 11.0. The number of benzene rings is 1. The molecule has 2 aromatic heterocycles. The first-order valence-electron chi connectivity index (χ1n) is 8.84. The van der Waals surface area contributed by atoms with Gasteiger partial charge in [0.05, 0.1) is 39.5 Å². The van der Waals surface area contributed by atoms with Gasteiger partial charge in [0.1, 0.15) is 0 Å². The monoisotopic (exact) mass is 418 g/mol. The Morgan fingerprint density at radius 2 is 2.15 bits per heavy atom. The van der Waals surface area contributed by atoms with Crippen LogP contribution in [0.5, 0.6) is 0 Å². The Morgan fingerprint density at radius 3 is 2.85 bits per heavy atom. The lowest BCUT2D eigenvalue weighted by Crippen LogP contribution is -2.17. The molecule has 4 nitrogen and oxygen atoms in total. The van der Waals surface area contributed by atoms with E-state index in [2.05, 4.69) is 21.7 Å². The van der Waals surface area contributed by atoms with Crippen molar-refractivity contribution in [3.63, 3.8) is 0 Å². The van der Waals surface area contributed by atoms with E-state index in [1.165, 1.54) is 23.1 Å². The molecule has 1 aromatic carbocycles. The van der Waals surface area contributed by atoms with E-state index in [9.17, 15) is 4.79 Å². The number of Topliss-reactive ketones (excluding diaryl/α,β-unsaturated/α-hetero) is 1. The van der Waals surface area contributed by atoms with Crippen molar-refractivity contribution in [2.24, 2.45) is 0 Å². The molecule has 0 spiro atoms. The van der Waals surface area contributed by atoms with Crippen LogP contribution in [0, 0.1) is 0 Å². The number of hydrogen-bond acceptors (Lipinski definition) is 5. The van der Waals surface area contributed by atoms with Gasteiger partial charge in [-0.25, -0.2) is 4.98 Å². The maximum Gasteiger partial charge on any atom is 0.183 e. The second kappa shape index (κ2) is 8.61. The molecule has 27 heavy (non-hydrogen) atoms. The van der Waals surface area contributed by atoms with Crippen LogP contribution in [0.3, 0.4) is 0 Å². The Kier molecular flexibility index (Phi) is 5.98. The maximum atomic E-state index is 12.4. The number of hydrogen-bond donors (Lipinski definition) is 0. The summed E-state index contributed by atoms with van der Waals surface area (Å²) < 4.78 is 8.65. The predicted octanol–water partition coefficient (Wildman–Crippen LogP) is 5.42. The predicted molar refractivity (Wildman–Crippen MR) is 111 cm³/mol. The summed E-state index contributed by atoms with van der Waals surface area (Å²) >= 11 is 8.73. The summed E-state index contributed by atoms with van der Waals surface area (Å²) in [6.45, 7) is 1.58. The summed E-state index contributed by atoms with van der Waals surface area (Å²) in [6, 6.07) is 13.8. The van der Waals surface area contributed by atoms with Gasteiger partial charge < -0.3 is 9.30 Å². The minimum atomic E-state index is 0.0739. The number of carbonyl (C=O) groups excluding carboxylic acids is 1. The lowest BCUT2D eigenvalue weighted by molar-refractivity contribution is 0.0954. The fraction of sp³-hybridized carbons (Fsp3) is 0.300. The molecule has 7 heteroatoms. The van der Waals surface area contributed by atoms with Crippen molar-refractivity contribution in [2.75, 3.05) is 12.4 Å². The number of thiophene rings is 1. The van der Waals surface area contributed by atoms with Crippen LogP contribution in [0.2, 0.25) is 4.34 Å². The van der Waals surface area contributed by atoms with Gasteiger partial charge >= 0.3 is 0 Å². The molecule has 1 saturated heterocycles. The third kappa shape index (κ3) is 4.46. The van der Waals surface area contributed by atoms with Crippen LogP contribution >= 0.6 is 34.7 Å². The van der Waals surface area contributed by atoms with Crippen LogP contribution in [0.25, 0.3) is 11.3 Å². The molecule has 140 valence electrons. The average Bonchev–Trinajstić information content (AvgIpc) is 3.43. The Bertz CT molecular complexity index is 917. The van der Waals surface area contributed by atoms with Crippen LogP contribution < -0.4 is 0 Å². The van der Waals surface area contributed by atoms with Gasteiger partial charge in [0.2, 0.25) is 0 Å². The SMILES string of the molecule is O=C(CSc1ncc(-c2ccccc2)n1C[C@@H]1CCCO1)c1ccc(Cl)s1.